The van der Waals surface area contributed by atoms with Gasteiger partial charge in [0.05, 0.1) is 18.8 Å². The van der Waals surface area contributed by atoms with Crippen molar-refractivity contribution in [2.24, 2.45) is 0 Å². The molecule has 0 radical (unpaired) electrons. The maximum absolute atomic E-state index is 12.3. The molecule has 2 unspecified atom stereocenters. The second-order valence-electron chi connectivity index (χ2n) is 14.4. The first-order chi connectivity index (χ1) is 28.7. The van der Waals surface area contributed by atoms with Crippen molar-refractivity contribution in [3.05, 3.63) is 158 Å². The Labute approximate surface area is 356 Å². The first-order valence-corrected chi connectivity index (χ1v) is 22.7. The molecule has 0 spiro atoms. The number of hydrogen-bond donors (Lipinski definition) is 3. The third-order valence-electron chi connectivity index (χ3n) is 8.99. The molecule has 0 aromatic carbocycles. The van der Waals surface area contributed by atoms with Gasteiger partial charge in [-0.25, -0.2) is 0 Å². The Bertz CT molecular complexity index is 1310. The smallest absolute Gasteiger partial charge is 0.220 e. The number of aliphatic hydroxyl groups excluding tert-OH is 2. The highest BCUT2D eigenvalue weighted by Gasteiger charge is 2.17. The maximum atomic E-state index is 12.3. The molecule has 0 saturated heterocycles. The van der Waals surface area contributed by atoms with Crippen LogP contribution in [-0.4, -0.2) is 34.9 Å². The van der Waals surface area contributed by atoms with E-state index in [0.29, 0.717) is 6.42 Å². The summed E-state index contributed by atoms with van der Waals surface area (Å²) in [7, 11) is 0. The van der Waals surface area contributed by atoms with E-state index in [-0.39, 0.29) is 12.5 Å². The quantitative estimate of drug-likeness (QED) is 0.0431. The number of aliphatic hydroxyl groups is 2. The fourth-order valence-corrected chi connectivity index (χ4v) is 5.55. The van der Waals surface area contributed by atoms with Gasteiger partial charge in [0.25, 0.3) is 0 Å². The van der Waals surface area contributed by atoms with Gasteiger partial charge in [-0.3, -0.25) is 4.79 Å². The minimum absolute atomic E-state index is 0.118. The van der Waals surface area contributed by atoms with Crippen LogP contribution in [0.2, 0.25) is 0 Å². The standard InChI is InChI=1S/C54H83NO3/c1-3-5-7-9-11-13-14-15-16-17-18-19-20-21-22-23-24-25-26-27-28-29-30-31-32-33-34-35-36-37-38-39-40-42-44-46-48-50-54(58)55-52(51-56)53(57)49-47-45-43-41-12-10-8-6-4-2/h5,7,11-13,15-16,18-19,21-22,24-25,27-28,30-31,33-34,36-37,39-41,47,49,52-53,56-57H,3-4,6,8-10,14,17,20,23,26,29,32,35,38,42-46,48,50-51H2,1-2H3,(H,55,58)/b7-5-,13-11-,16-15-,19-18-,22-21-,25-24-,28-27-,31-30-,34-33-,37-36-,40-39-,41-12+,49-47+. The average Bonchev–Trinajstić information content (AvgIpc) is 3.23. The average molecular weight is 794 g/mol. The van der Waals surface area contributed by atoms with Crippen LogP contribution in [0.25, 0.3) is 0 Å². The molecule has 3 N–H and O–H groups in total. The van der Waals surface area contributed by atoms with E-state index in [2.05, 4.69) is 165 Å². The zero-order valence-corrected chi connectivity index (χ0v) is 36.7. The maximum Gasteiger partial charge on any atom is 0.220 e. The van der Waals surface area contributed by atoms with E-state index in [0.717, 1.165) is 116 Å². The molecular weight excluding hydrogens is 711 g/mol. The Balaban J connectivity index is 3.76. The predicted molar refractivity (Wildman–Crippen MR) is 257 cm³/mol. The van der Waals surface area contributed by atoms with Crippen molar-refractivity contribution >= 4 is 5.91 Å². The summed E-state index contributed by atoms with van der Waals surface area (Å²) in [5.74, 6) is -0.118. The molecule has 0 aromatic rings. The Kier molecular flexibility index (Phi) is 44.1. The molecule has 0 aliphatic heterocycles. The fourth-order valence-electron chi connectivity index (χ4n) is 5.55. The van der Waals surface area contributed by atoms with Gasteiger partial charge in [-0.2, -0.15) is 0 Å². The van der Waals surface area contributed by atoms with Crippen molar-refractivity contribution in [2.75, 3.05) is 6.61 Å². The third kappa shape index (κ3) is 43.1. The van der Waals surface area contributed by atoms with Crippen molar-refractivity contribution in [1.82, 2.24) is 5.32 Å². The number of hydrogen-bond acceptors (Lipinski definition) is 3. The zero-order valence-electron chi connectivity index (χ0n) is 36.7. The number of carbonyl (C=O) groups excluding carboxylic acids is 1. The number of nitrogens with one attached hydrogen (secondary N) is 1. The van der Waals surface area contributed by atoms with Crippen LogP contribution in [-0.2, 0) is 4.79 Å². The lowest BCUT2D eigenvalue weighted by Gasteiger charge is -2.19. The van der Waals surface area contributed by atoms with Crippen LogP contribution in [0.4, 0.5) is 0 Å². The summed E-state index contributed by atoms with van der Waals surface area (Å²) in [6.45, 7) is 4.08. The topological polar surface area (TPSA) is 69.6 Å². The van der Waals surface area contributed by atoms with Gasteiger partial charge in [0.2, 0.25) is 5.91 Å². The van der Waals surface area contributed by atoms with Gasteiger partial charge in [-0.05, 0) is 116 Å². The van der Waals surface area contributed by atoms with Crippen LogP contribution in [0.5, 0.6) is 0 Å². The van der Waals surface area contributed by atoms with E-state index in [4.69, 9.17) is 0 Å². The highest BCUT2D eigenvalue weighted by Crippen LogP contribution is 2.07. The molecule has 0 rings (SSSR count). The third-order valence-corrected chi connectivity index (χ3v) is 8.99. The summed E-state index contributed by atoms with van der Waals surface area (Å²) < 4.78 is 0. The SMILES string of the molecule is CC/C=C\C/C=C\C/C=C\C/C=C\C/C=C\C/C=C\C/C=C\C/C=C\C/C=C\C/C=C\C/C=C\CCCCCC(=O)NC(CO)C(O)/C=C/CC/C=C/CCCCC. The van der Waals surface area contributed by atoms with Crippen LogP contribution >= 0.6 is 0 Å². The first-order valence-electron chi connectivity index (χ1n) is 22.7. The second-order valence-corrected chi connectivity index (χ2v) is 14.4. The van der Waals surface area contributed by atoms with Gasteiger partial charge < -0.3 is 15.5 Å². The molecule has 0 aromatic heterocycles. The minimum atomic E-state index is -0.885. The highest BCUT2D eigenvalue weighted by atomic mass is 16.3. The van der Waals surface area contributed by atoms with Crippen molar-refractivity contribution in [3.8, 4) is 0 Å². The molecular formula is C54H83NO3. The summed E-state index contributed by atoms with van der Waals surface area (Å²) in [6, 6.07) is -0.666. The summed E-state index contributed by atoms with van der Waals surface area (Å²) >= 11 is 0. The number of allylic oxidation sites excluding steroid dienone is 25. The van der Waals surface area contributed by atoms with Gasteiger partial charge in [0, 0.05) is 6.42 Å². The normalized spacial score (nSPS) is 14.5. The molecule has 0 fully saturated rings. The second kappa shape index (κ2) is 47.4. The molecule has 0 aliphatic rings. The molecule has 322 valence electrons. The van der Waals surface area contributed by atoms with E-state index < -0.39 is 12.1 Å². The molecule has 0 saturated carbocycles. The number of amides is 1. The lowest BCUT2D eigenvalue weighted by molar-refractivity contribution is -0.123. The Morgan fingerprint density at radius 3 is 1.17 bits per heavy atom. The summed E-state index contributed by atoms with van der Waals surface area (Å²) in [4.78, 5) is 12.3. The minimum Gasteiger partial charge on any atom is -0.394 e. The lowest BCUT2D eigenvalue weighted by atomic mass is 10.1. The van der Waals surface area contributed by atoms with Crippen molar-refractivity contribution in [2.45, 2.75) is 167 Å². The summed E-state index contributed by atoms with van der Waals surface area (Å²) in [6.07, 6.45) is 77.9. The van der Waals surface area contributed by atoms with Crippen molar-refractivity contribution in [1.29, 1.82) is 0 Å². The van der Waals surface area contributed by atoms with Gasteiger partial charge in [-0.1, -0.05) is 191 Å². The number of unbranched alkanes of at least 4 members (excludes halogenated alkanes) is 7. The monoisotopic (exact) mass is 794 g/mol. The van der Waals surface area contributed by atoms with Crippen LogP contribution in [0.15, 0.2) is 158 Å². The Morgan fingerprint density at radius 1 is 0.431 bits per heavy atom. The van der Waals surface area contributed by atoms with Crippen LogP contribution in [0.3, 0.4) is 0 Å². The summed E-state index contributed by atoms with van der Waals surface area (Å²) in [5, 5.41) is 22.8. The van der Waals surface area contributed by atoms with Gasteiger partial charge in [-0.15, -0.1) is 0 Å². The predicted octanol–water partition coefficient (Wildman–Crippen LogP) is 14.7. The summed E-state index contributed by atoms with van der Waals surface area (Å²) in [5.41, 5.74) is 0. The van der Waals surface area contributed by atoms with Crippen molar-refractivity contribution < 1.29 is 15.0 Å². The van der Waals surface area contributed by atoms with E-state index in [1.54, 1.807) is 6.08 Å². The van der Waals surface area contributed by atoms with Crippen LogP contribution in [0.1, 0.15) is 155 Å². The molecule has 0 bridgehead atoms. The molecule has 1 amide bonds. The lowest BCUT2D eigenvalue weighted by Crippen LogP contribution is -2.45. The molecule has 2 atom stereocenters. The molecule has 4 heteroatoms. The van der Waals surface area contributed by atoms with Gasteiger partial charge in [0.15, 0.2) is 0 Å². The van der Waals surface area contributed by atoms with Gasteiger partial charge >= 0.3 is 0 Å². The number of rotatable bonds is 38. The van der Waals surface area contributed by atoms with E-state index in [9.17, 15) is 15.0 Å². The van der Waals surface area contributed by atoms with Crippen molar-refractivity contribution in [3.63, 3.8) is 0 Å². The first kappa shape index (κ1) is 54.0. The molecule has 0 aliphatic carbocycles. The van der Waals surface area contributed by atoms with Crippen LogP contribution < -0.4 is 5.32 Å². The zero-order chi connectivity index (χ0) is 42.1. The molecule has 4 nitrogen and oxygen atoms in total. The van der Waals surface area contributed by atoms with E-state index in [1.165, 1.54) is 19.3 Å². The van der Waals surface area contributed by atoms with Crippen LogP contribution in [0, 0.1) is 0 Å². The molecule has 0 heterocycles. The number of carbonyl (C=O) groups is 1. The van der Waals surface area contributed by atoms with E-state index >= 15 is 0 Å². The van der Waals surface area contributed by atoms with E-state index in [1.807, 2.05) is 6.08 Å². The molecule has 58 heavy (non-hydrogen) atoms. The van der Waals surface area contributed by atoms with Gasteiger partial charge in [0.1, 0.15) is 0 Å². The Morgan fingerprint density at radius 2 is 0.776 bits per heavy atom. The Hall–Kier alpha value is -3.99. The largest absolute Gasteiger partial charge is 0.394 e. The fraction of sp³-hybridized carbons (Fsp3) is 0.500. The highest BCUT2D eigenvalue weighted by molar-refractivity contribution is 5.76.